The van der Waals surface area contributed by atoms with Gasteiger partial charge in [0.05, 0.1) is 19.8 Å². The van der Waals surface area contributed by atoms with Gasteiger partial charge in [0.15, 0.2) is 12.4 Å². The van der Waals surface area contributed by atoms with Gasteiger partial charge in [0.1, 0.15) is 17.2 Å². The smallest absolute Gasteiger partial charge is 0.259 e. The third-order valence-electron chi connectivity index (χ3n) is 4.23. The summed E-state index contributed by atoms with van der Waals surface area (Å²) in [5.74, 6) is 1.19. The SMILES string of the molecule is COc1ccc(C(=O)COc2cccc(NC(=O)c3ccccc3OC)c2)cc1. The minimum Gasteiger partial charge on any atom is -0.497 e. The molecular formula is C23H21NO5. The van der Waals surface area contributed by atoms with Crippen LogP contribution in [0.15, 0.2) is 72.8 Å². The van der Waals surface area contributed by atoms with E-state index in [1.54, 1.807) is 79.9 Å². The average Bonchev–Trinajstić information content (AvgIpc) is 2.77. The van der Waals surface area contributed by atoms with E-state index in [4.69, 9.17) is 14.2 Å². The summed E-state index contributed by atoms with van der Waals surface area (Å²) in [6, 6.07) is 20.7. The normalized spacial score (nSPS) is 10.1. The molecule has 0 aromatic heterocycles. The molecular weight excluding hydrogens is 370 g/mol. The van der Waals surface area contributed by atoms with Gasteiger partial charge in [-0.05, 0) is 48.5 Å². The first-order valence-electron chi connectivity index (χ1n) is 8.95. The monoisotopic (exact) mass is 391 g/mol. The zero-order valence-electron chi connectivity index (χ0n) is 16.2. The molecule has 0 saturated heterocycles. The molecule has 6 nitrogen and oxygen atoms in total. The van der Waals surface area contributed by atoms with Crippen LogP contribution in [0.25, 0.3) is 0 Å². The molecule has 0 aliphatic carbocycles. The van der Waals surface area contributed by atoms with Crippen LogP contribution in [0, 0.1) is 0 Å². The molecule has 0 bridgehead atoms. The fourth-order valence-electron chi connectivity index (χ4n) is 2.70. The van der Waals surface area contributed by atoms with E-state index in [9.17, 15) is 9.59 Å². The maximum atomic E-state index is 12.5. The predicted molar refractivity (Wildman–Crippen MR) is 110 cm³/mol. The zero-order chi connectivity index (χ0) is 20.6. The summed E-state index contributed by atoms with van der Waals surface area (Å²) in [7, 11) is 3.08. The molecule has 0 unspecified atom stereocenters. The van der Waals surface area contributed by atoms with Crippen LogP contribution >= 0.6 is 0 Å². The molecule has 3 aromatic carbocycles. The lowest BCUT2D eigenvalue weighted by Crippen LogP contribution is -2.14. The van der Waals surface area contributed by atoms with Crippen molar-refractivity contribution in [3.63, 3.8) is 0 Å². The lowest BCUT2D eigenvalue weighted by Gasteiger charge is -2.11. The maximum Gasteiger partial charge on any atom is 0.259 e. The summed E-state index contributed by atoms with van der Waals surface area (Å²) in [6.07, 6.45) is 0. The fourth-order valence-corrected chi connectivity index (χ4v) is 2.70. The summed E-state index contributed by atoms with van der Waals surface area (Å²) >= 11 is 0. The van der Waals surface area contributed by atoms with E-state index in [0.29, 0.717) is 34.1 Å². The Balaban J connectivity index is 1.63. The van der Waals surface area contributed by atoms with Crippen molar-refractivity contribution in [1.82, 2.24) is 0 Å². The molecule has 0 atom stereocenters. The first kappa shape index (κ1) is 19.9. The maximum absolute atomic E-state index is 12.5. The Labute approximate surface area is 169 Å². The number of carbonyl (C=O) groups is 2. The first-order valence-corrected chi connectivity index (χ1v) is 8.95. The van der Waals surface area contributed by atoms with Gasteiger partial charge in [-0.2, -0.15) is 0 Å². The van der Waals surface area contributed by atoms with Gasteiger partial charge in [-0.25, -0.2) is 0 Å². The topological polar surface area (TPSA) is 73.9 Å². The zero-order valence-corrected chi connectivity index (χ0v) is 16.2. The van der Waals surface area contributed by atoms with Gasteiger partial charge in [-0.15, -0.1) is 0 Å². The van der Waals surface area contributed by atoms with Gasteiger partial charge in [0.2, 0.25) is 0 Å². The quantitative estimate of drug-likeness (QED) is 0.582. The number of nitrogens with one attached hydrogen (secondary N) is 1. The minimum absolute atomic E-state index is 0.115. The van der Waals surface area contributed by atoms with Crippen LogP contribution in [0.1, 0.15) is 20.7 Å². The number of ether oxygens (including phenoxy) is 3. The number of methoxy groups -OCH3 is 2. The third-order valence-corrected chi connectivity index (χ3v) is 4.23. The van der Waals surface area contributed by atoms with Crippen LogP contribution in [-0.2, 0) is 0 Å². The Morgan fingerprint density at radius 2 is 1.59 bits per heavy atom. The highest BCUT2D eigenvalue weighted by atomic mass is 16.5. The lowest BCUT2D eigenvalue weighted by atomic mass is 10.1. The third kappa shape index (κ3) is 5.13. The second-order valence-corrected chi connectivity index (χ2v) is 6.12. The van der Waals surface area contributed by atoms with Crippen molar-refractivity contribution >= 4 is 17.4 Å². The van der Waals surface area contributed by atoms with E-state index >= 15 is 0 Å². The van der Waals surface area contributed by atoms with Crippen molar-refractivity contribution in [1.29, 1.82) is 0 Å². The number of para-hydroxylation sites is 1. The van der Waals surface area contributed by atoms with Crippen molar-refractivity contribution in [3.8, 4) is 17.2 Å². The molecule has 0 fully saturated rings. The second kappa shape index (κ2) is 9.41. The molecule has 0 saturated carbocycles. The van der Waals surface area contributed by atoms with Crippen LogP contribution in [0.2, 0.25) is 0 Å². The molecule has 1 amide bonds. The molecule has 0 spiro atoms. The number of rotatable bonds is 8. The number of anilines is 1. The van der Waals surface area contributed by atoms with E-state index < -0.39 is 0 Å². The van der Waals surface area contributed by atoms with E-state index in [1.165, 1.54) is 7.11 Å². The Morgan fingerprint density at radius 1 is 0.828 bits per heavy atom. The summed E-state index contributed by atoms with van der Waals surface area (Å²) < 4.78 is 15.9. The highest BCUT2D eigenvalue weighted by Crippen LogP contribution is 2.22. The highest BCUT2D eigenvalue weighted by Gasteiger charge is 2.12. The van der Waals surface area contributed by atoms with E-state index in [-0.39, 0.29) is 18.3 Å². The number of amides is 1. The Morgan fingerprint density at radius 3 is 2.31 bits per heavy atom. The highest BCUT2D eigenvalue weighted by molar-refractivity contribution is 6.06. The summed E-state index contributed by atoms with van der Waals surface area (Å²) in [5, 5.41) is 2.81. The second-order valence-electron chi connectivity index (χ2n) is 6.12. The van der Waals surface area contributed by atoms with Crippen LogP contribution in [-0.4, -0.2) is 32.5 Å². The molecule has 0 aliphatic heterocycles. The number of benzene rings is 3. The van der Waals surface area contributed by atoms with Gasteiger partial charge in [-0.3, -0.25) is 9.59 Å². The number of carbonyl (C=O) groups excluding carboxylic acids is 2. The van der Waals surface area contributed by atoms with Crippen LogP contribution in [0.5, 0.6) is 17.2 Å². The van der Waals surface area contributed by atoms with Crippen molar-refractivity contribution < 1.29 is 23.8 Å². The Kier molecular flexibility index (Phi) is 6.47. The van der Waals surface area contributed by atoms with E-state index in [1.807, 2.05) is 0 Å². The summed E-state index contributed by atoms with van der Waals surface area (Å²) in [6.45, 7) is -0.115. The van der Waals surface area contributed by atoms with Crippen LogP contribution < -0.4 is 19.5 Å². The predicted octanol–water partition coefficient (Wildman–Crippen LogP) is 4.22. The molecule has 1 N–H and O–H groups in total. The Hall–Kier alpha value is -3.80. The van der Waals surface area contributed by atoms with Crippen LogP contribution in [0.3, 0.4) is 0 Å². The minimum atomic E-state index is -0.297. The van der Waals surface area contributed by atoms with Crippen LogP contribution in [0.4, 0.5) is 5.69 Å². The van der Waals surface area contributed by atoms with Gasteiger partial charge in [-0.1, -0.05) is 18.2 Å². The fraction of sp³-hybridized carbons (Fsp3) is 0.130. The van der Waals surface area contributed by atoms with Gasteiger partial charge in [0.25, 0.3) is 5.91 Å². The average molecular weight is 391 g/mol. The number of hydrogen-bond acceptors (Lipinski definition) is 5. The summed E-state index contributed by atoms with van der Waals surface area (Å²) in [5.41, 5.74) is 1.51. The van der Waals surface area contributed by atoms with Crippen molar-refractivity contribution in [2.45, 2.75) is 0 Å². The summed E-state index contributed by atoms with van der Waals surface area (Å²) in [4.78, 5) is 24.8. The van der Waals surface area contributed by atoms with Crippen molar-refractivity contribution in [3.05, 3.63) is 83.9 Å². The Bertz CT molecular complexity index is 998. The molecule has 3 aromatic rings. The molecule has 0 aliphatic rings. The van der Waals surface area contributed by atoms with Gasteiger partial charge in [0, 0.05) is 17.3 Å². The number of hydrogen-bond donors (Lipinski definition) is 1. The molecule has 29 heavy (non-hydrogen) atoms. The number of Topliss-reactive ketones (excluding diaryl/α,β-unsaturated/α-hetero) is 1. The van der Waals surface area contributed by atoms with Gasteiger partial charge >= 0.3 is 0 Å². The first-order chi connectivity index (χ1) is 14.1. The standard InChI is InChI=1S/C23H21NO5/c1-27-18-12-10-16(11-13-18)21(25)15-29-19-7-5-6-17(14-19)24-23(26)20-8-3-4-9-22(20)28-2/h3-14H,15H2,1-2H3,(H,24,26). The van der Waals surface area contributed by atoms with Gasteiger partial charge < -0.3 is 19.5 Å². The molecule has 0 heterocycles. The molecule has 0 radical (unpaired) electrons. The number of ketones is 1. The van der Waals surface area contributed by atoms with Crippen molar-refractivity contribution in [2.24, 2.45) is 0 Å². The van der Waals surface area contributed by atoms with Crippen molar-refractivity contribution in [2.75, 3.05) is 26.1 Å². The van der Waals surface area contributed by atoms with E-state index in [2.05, 4.69) is 5.32 Å². The lowest BCUT2D eigenvalue weighted by molar-refractivity contribution is 0.0920. The molecule has 6 heteroatoms. The molecule has 3 rings (SSSR count). The largest absolute Gasteiger partial charge is 0.497 e. The van der Waals surface area contributed by atoms with E-state index in [0.717, 1.165) is 0 Å². The molecule has 148 valence electrons.